The van der Waals surface area contributed by atoms with Gasteiger partial charge in [-0.2, -0.15) is 0 Å². The average molecular weight is 279 g/mol. The second-order valence-electron chi connectivity index (χ2n) is 5.06. The number of nitrogens with one attached hydrogen (secondary N) is 1. The van der Waals surface area contributed by atoms with Crippen molar-refractivity contribution in [1.29, 1.82) is 0 Å². The summed E-state index contributed by atoms with van der Waals surface area (Å²) in [4.78, 5) is 27.7. The van der Waals surface area contributed by atoms with Crippen molar-refractivity contribution < 1.29 is 9.72 Å². The molecule has 2 atom stereocenters. The zero-order valence-corrected chi connectivity index (χ0v) is 11.4. The Kier molecular flexibility index (Phi) is 3.84. The molecule has 1 aliphatic rings. The first-order valence-corrected chi connectivity index (χ1v) is 6.33. The summed E-state index contributed by atoms with van der Waals surface area (Å²) in [5.74, 6) is -0.307. The van der Waals surface area contributed by atoms with Crippen LogP contribution in [-0.4, -0.2) is 41.0 Å². The van der Waals surface area contributed by atoms with E-state index in [0.717, 1.165) is 6.20 Å². The van der Waals surface area contributed by atoms with Gasteiger partial charge in [-0.3, -0.25) is 14.9 Å². The first-order chi connectivity index (χ1) is 9.38. The molecule has 1 aromatic rings. The molecule has 1 aliphatic heterocycles. The lowest BCUT2D eigenvalue weighted by Gasteiger charge is -2.37. The van der Waals surface area contributed by atoms with E-state index >= 15 is 0 Å². The number of nitrogens with zero attached hydrogens (tertiary/aromatic N) is 3. The van der Waals surface area contributed by atoms with Gasteiger partial charge in [-0.15, -0.1) is 0 Å². The van der Waals surface area contributed by atoms with Crippen LogP contribution >= 0.6 is 0 Å². The third kappa shape index (κ3) is 2.85. The van der Waals surface area contributed by atoms with E-state index in [1.807, 2.05) is 18.7 Å². The van der Waals surface area contributed by atoms with Crippen molar-refractivity contribution in [3.05, 3.63) is 27.9 Å². The Hall–Kier alpha value is -2.22. The highest BCUT2D eigenvalue weighted by Gasteiger charge is 2.26. The van der Waals surface area contributed by atoms with Gasteiger partial charge in [-0.05, 0) is 13.8 Å². The van der Waals surface area contributed by atoms with Gasteiger partial charge in [0.2, 0.25) is 0 Å². The van der Waals surface area contributed by atoms with Crippen molar-refractivity contribution in [2.45, 2.75) is 25.9 Å². The van der Waals surface area contributed by atoms with Crippen LogP contribution in [0.15, 0.2) is 12.3 Å². The predicted molar refractivity (Wildman–Crippen MR) is 73.7 cm³/mol. The van der Waals surface area contributed by atoms with Crippen LogP contribution in [0.3, 0.4) is 0 Å². The molecule has 0 saturated carbocycles. The molecule has 2 rings (SSSR count). The van der Waals surface area contributed by atoms with Gasteiger partial charge in [0.25, 0.3) is 11.6 Å². The highest BCUT2D eigenvalue weighted by Crippen LogP contribution is 2.23. The number of carbonyl (C=O) groups excluding carboxylic acids is 1. The number of amides is 1. The molecule has 0 aromatic carbocycles. The minimum absolute atomic E-state index is 0.0838. The van der Waals surface area contributed by atoms with Crippen molar-refractivity contribution in [3.63, 3.8) is 0 Å². The largest absolute Gasteiger partial charge is 0.365 e. The number of nitro groups is 1. The summed E-state index contributed by atoms with van der Waals surface area (Å²) in [5.41, 5.74) is 5.16. The third-order valence-electron chi connectivity index (χ3n) is 3.19. The normalized spacial score (nSPS) is 22.6. The quantitative estimate of drug-likeness (QED) is 0.606. The average Bonchev–Trinajstić information content (AvgIpc) is 2.36. The van der Waals surface area contributed by atoms with Crippen LogP contribution in [-0.2, 0) is 0 Å². The molecule has 0 bridgehead atoms. The summed E-state index contributed by atoms with van der Waals surface area (Å²) in [6.07, 6.45) is 1.15. The van der Waals surface area contributed by atoms with Gasteiger partial charge >= 0.3 is 0 Å². The Balaban J connectivity index is 2.40. The van der Waals surface area contributed by atoms with Gasteiger partial charge in [-0.1, -0.05) is 0 Å². The van der Waals surface area contributed by atoms with Crippen molar-refractivity contribution in [2.75, 3.05) is 18.0 Å². The Morgan fingerprint density at radius 1 is 1.50 bits per heavy atom. The van der Waals surface area contributed by atoms with Gasteiger partial charge in [0.1, 0.15) is 12.0 Å². The smallest absolute Gasteiger partial charge is 0.288 e. The molecule has 1 aromatic heterocycles. The molecule has 108 valence electrons. The Labute approximate surface area is 116 Å². The van der Waals surface area contributed by atoms with Crippen molar-refractivity contribution in [1.82, 2.24) is 10.3 Å². The molecule has 0 radical (unpaired) electrons. The van der Waals surface area contributed by atoms with Crippen LogP contribution in [0.5, 0.6) is 0 Å². The number of anilines is 1. The van der Waals surface area contributed by atoms with E-state index in [1.165, 1.54) is 6.07 Å². The van der Waals surface area contributed by atoms with E-state index in [9.17, 15) is 14.9 Å². The topological polar surface area (TPSA) is 114 Å². The van der Waals surface area contributed by atoms with Crippen LogP contribution in [0.1, 0.15) is 24.2 Å². The monoisotopic (exact) mass is 279 g/mol. The van der Waals surface area contributed by atoms with Gasteiger partial charge in [-0.25, -0.2) is 4.98 Å². The maximum Gasteiger partial charge on any atom is 0.288 e. The highest BCUT2D eigenvalue weighted by molar-refractivity contribution is 5.98. The predicted octanol–water partition coefficient (Wildman–Crippen LogP) is 0.275. The Morgan fingerprint density at radius 3 is 2.60 bits per heavy atom. The molecule has 1 fully saturated rings. The number of hydrogen-bond donors (Lipinski definition) is 2. The van der Waals surface area contributed by atoms with Crippen molar-refractivity contribution in [3.8, 4) is 0 Å². The minimum Gasteiger partial charge on any atom is -0.365 e. The summed E-state index contributed by atoms with van der Waals surface area (Å²) >= 11 is 0. The van der Waals surface area contributed by atoms with E-state index in [-0.39, 0.29) is 23.3 Å². The van der Waals surface area contributed by atoms with Crippen LogP contribution < -0.4 is 16.0 Å². The molecule has 0 aliphatic carbocycles. The number of carbonyl (C=O) groups is 1. The maximum atomic E-state index is 11.5. The van der Waals surface area contributed by atoms with E-state index in [1.54, 1.807) is 0 Å². The molecule has 20 heavy (non-hydrogen) atoms. The van der Waals surface area contributed by atoms with Crippen molar-refractivity contribution >= 4 is 17.4 Å². The molecular weight excluding hydrogens is 262 g/mol. The van der Waals surface area contributed by atoms with Crippen molar-refractivity contribution in [2.24, 2.45) is 5.73 Å². The zero-order chi connectivity index (χ0) is 14.9. The molecule has 1 amide bonds. The summed E-state index contributed by atoms with van der Waals surface area (Å²) in [7, 11) is 0. The van der Waals surface area contributed by atoms with E-state index < -0.39 is 10.8 Å². The molecule has 2 unspecified atom stereocenters. The van der Waals surface area contributed by atoms with Gasteiger partial charge in [0.15, 0.2) is 0 Å². The standard InChI is InChI=1S/C12H17N5O3/c1-7-5-16(6-8(2)15-7)12-10(11(13)18)3-9(4-14-12)17(19)20/h3-4,7-8,15H,5-6H2,1-2H3,(H2,13,18). The number of aromatic nitrogens is 1. The molecule has 8 heteroatoms. The Morgan fingerprint density at radius 2 is 2.10 bits per heavy atom. The lowest BCUT2D eigenvalue weighted by Crippen LogP contribution is -2.54. The third-order valence-corrected chi connectivity index (χ3v) is 3.19. The fraction of sp³-hybridized carbons (Fsp3) is 0.500. The van der Waals surface area contributed by atoms with Crippen LogP contribution in [0.4, 0.5) is 11.5 Å². The Bertz CT molecular complexity index is 538. The molecule has 3 N–H and O–H groups in total. The lowest BCUT2D eigenvalue weighted by atomic mass is 10.1. The summed E-state index contributed by atoms with van der Waals surface area (Å²) in [6.45, 7) is 5.38. The van der Waals surface area contributed by atoms with Gasteiger partial charge < -0.3 is 16.0 Å². The number of hydrogen-bond acceptors (Lipinski definition) is 6. The summed E-state index contributed by atoms with van der Waals surface area (Å²) in [5, 5.41) is 14.1. The molecule has 8 nitrogen and oxygen atoms in total. The fourth-order valence-corrected chi connectivity index (χ4v) is 2.48. The van der Waals surface area contributed by atoms with E-state index in [0.29, 0.717) is 18.9 Å². The maximum absolute atomic E-state index is 11.5. The molecular formula is C12H17N5O3. The lowest BCUT2D eigenvalue weighted by molar-refractivity contribution is -0.385. The minimum atomic E-state index is -0.713. The number of primary amides is 1. The zero-order valence-electron chi connectivity index (χ0n) is 11.4. The summed E-state index contributed by atoms with van der Waals surface area (Å²) in [6, 6.07) is 1.65. The second-order valence-corrected chi connectivity index (χ2v) is 5.06. The first kappa shape index (κ1) is 14.2. The highest BCUT2D eigenvalue weighted by atomic mass is 16.6. The van der Waals surface area contributed by atoms with E-state index in [4.69, 9.17) is 5.73 Å². The SMILES string of the molecule is CC1CN(c2ncc([N+](=O)[O-])cc2C(N)=O)CC(C)N1. The summed E-state index contributed by atoms with van der Waals surface area (Å²) < 4.78 is 0. The number of piperazine rings is 1. The van der Waals surface area contributed by atoms with E-state index in [2.05, 4.69) is 10.3 Å². The van der Waals surface area contributed by atoms with Gasteiger partial charge in [0.05, 0.1) is 10.5 Å². The molecule has 0 spiro atoms. The van der Waals surface area contributed by atoms with Crippen LogP contribution in [0, 0.1) is 10.1 Å². The fourth-order valence-electron chi connectivity index (χ4n) is 2.48. The first-order valence-electron chi connectivity index (χ1n) is 6.33. The number of nitrogens with two attached hydrogens (primary N) is 1. The van der Waals surface area contributed by atoms with Crippen LogP contribution in [0.25, 0.3) is 0 Å². The molecule has 2 heterocycles. The number of rotatable bonds is 3. The molecule has 1 saturated heterocycles. The second kappa shape index (κ2) is 5.41. The van der Waals surface area contributed by atoms with Gasteiger partial charge in [0, 0.05) is 31.2 Å². The van der Waals surface area contributed by atoms with Crippen LogP contribution in [0.2, 0.25) is 0 Å². The number of pyridine rings is 1.